The highest BCUT2D eigenvalue weighted by molar-refractivity contribution is 5.92. The van der Waals surface area contributed by atoms with Crippen LogP contribution in [0.15, 0.2) is 36.5 Å². The molecule has 1 amide bonds. The number of methoxy groups -OCH3 is 1. The van der Waals surface area contributed by atoms with Crippen molar-refractivity contribution < 1.29 is 23.8 Å². The Balaban J connectivity index is 2.08. The van der Waals surface area contributed by atoms with Crippen LogP contribution >= 0.6 is 0 Å². The van der Waals surface area contributed by atoms with Crippen LogP contribution in [0.2, 0.25) is 0 Å². The van der Waals surface area contributed by atoms with Crippen LogP contribution in [0.1, 0.15) is 10.5 Å². The second kappa shape index (κ2) is 6.08. The van der Waals surface area contributed by atoms with Crippen molar-refractivity contribution in [3.63, 3.8) is 0 Å². The molecule has 0 aliphatic carbocycles. The number of nitrogens with zero attached hydrogens (tertiary/aromatic N) is 1. The average Bonchev–Trinajstić information content (AvgIpc) is 2.89. The Labute approximate surface area is 119 Å². The number of carbonyl (C=O) groups is 2. The van der Waals surface area contributed by atoms with Gasteiger partial charge in [0.05, 0.1) is 7.11 Å². The molecular formula is C14H13FN2O4. The van der Waals surface area contributed by atoms with Crippen LogP contribution in [0.5, 0.6) is 5.75 Å². The number of carboxylic acids is 1. The molecule has 0 aliphatic rings. The lowest BCUT2D eigenvalue weighted by molar-refractivity contribution is -0.116. The molecule has 0 spiro atoms. The Morgan fingerprint density at radius 1 is 1.38 bits per heavy atom. The zero-order chi connectivity index (χ0) is 15.4. The van der Waals surface area contributed by atoms with Crippen LogP contribution in [-0.2, 0) is 11.3 Å². The van der Waals surface area contributed by atoms with Crippen molar-refractivity contribution in [3.05, 3.63) is 48.0 Å². The number of carbonyl (C=O) groups excluding carboxylic acids is 1. The SMILES string of the molecule is COc1cc(NC(=O)Cn2cccc2C(=O)O)ccc1F. The number of aromatic carboxylic acids is 1. The summed E-state index contributed by atoms with van der Waals surface area (Å²) in [4.78, 5) is 22.8. The molecule has 0 aliphatic heterocycles. The van der Waals surface area contributed by atoms with Gasteiger partial charge < -0.3 is 19.7 Å². The Kier molecular flexibility index (Phi) is 4.22. The first-order valence-corrected chi connectivity index (χ1v) is 6.03. The third-order valence-corrected chi connectivity index (χ3v) is 2.80. The molecule has 6 nitrogen and oxygen atoms in total. The molecule has 2 N–H and O–H groups in total. The van der Waals surface area contributed by atoms with Gasteiger partial charge in [-0.15, -0.1) is 0 Å². The molecule has 0 radical (unpaired) electrons. The number of aromatic nitrogens is 1. The Morgan fingerprint density at radius 2 is 2.14 bits per heavy atom. The van der Waals surface area contributed by atoms with E-state index in [0.29, 0.717) is 5.69 Å². The Hall–Kier alpha value is -2.83. The highest BCUT2D eigenvalue weighted by atomic mass is 19.1. The van der Waals surface area contributed by atoms with Crippen molar-refractivity contribution in [2.24, 2.45) is 0 Å². The number of amides is 1. The maximum atomic E-state index is 13.2. The number of nitrogens with one attached hydrogen (secondary N) is 1. The molecule has 0 saturated carbocycles. The van der Waals surface area contributed by atoms with E-state index in [9.17, 15) is 14.0 Å². The van der Waals surface area contributed by atoms with Crippen molar-refractivity contribution in [2.75, 3.05) is 12.4 Å². The van der Waals surface area contributed by atoms with E-state index in [0.717, 1.165) is 0 Å². The topological polar surface area (TPSA) is 80.6 Å². The standard InChI is InChI=1S/C14H13FN2O4/c1-21-12-7-9(4-5-10(12)15)16-13(18)8-17-6-2-3-11(17)14(19)20/h2-7H,8H2,1H3,(H,16,18)(H,19,20). The quantitative estimate of drug-likeness (QED) is 0.883. The van der Waals surface area contributed by atoms with E-state index in [1.807, 2.05) is 0 Å². The van der Waals surface area contributed by atoms with Crippen LogP contribution in [0.3, 0.4) is 0 Å². The van der Waals surface area contributed by atoms with Gasteiger partial charge in [-0.1, -0.05) is 0 Å². The molecule has 7 heteroatoms. The number of ether oxygens (including phenoxy) is 1. The monoisotopic (exact) mass is 292 g/mol. The van der Waals surface area contributed by atoms with E-state index >= 15 is 0 Å². The highest BCUT2D eigenvalue weighted by Crippen LogP contribution is 2.21. The number of anilines is 1. The number of halogens is 1. The van der Waals surface area contributed by atoms with Gasteiger partial charge in [0.25, 0.3) is 0 Å². The first-order valence-electron chi connectivity index (χ1n) is 6.03. The van der Waals surface area contributed by atoms with Crippen LogP contribution in [-0.4, -0.2) is 28.7 Å². The smallest absolute Gasteiger partial charge is 0.352 e. The molecule has 2 aromatic rings. The minimum atomic E-state index is -1.11. The average molecular weight is 292 g/mol. The van der Waals surface area contributed by atoms with Crippen molar-refractivity contribution in [2.45, 2.75) is 6.54 Å². The summed E-state index contributed by atoms with van der Waals surface area (Å²) in [5, 5.41) is 11.5. The van der Waals surface area contributed by atoms with Gasteiger partial charge in [0.15, 0.2) is 11.6 Å². The number of hydrogen-bond acceptors (Lipinski definition) is 3. The van der Waals surface area contributed by atoms with Crippen molar-refractivity contribution in [1.29, 1.82) is 0 Å². The van der Waals surface area contributed by atoms with Gasteiger partial charge in [0.1, 0.15) is 12.2 Å². The predicted molar refractivity (Wildman–Crippen MR) is 73.0 cm³/mol. The van der Waals surface area contributed by atoms with Crippen molar-refractivity contribution in [1.82, 2.24) is 4.57 Å². The van der Waals surface area contributed by atoms with E-state index in [1.54, 1.807) is 0 Å². The highest BCUT2D eigenvalue weighted by Gasteiger charge is 2.12. The van der Waals surface area contributed by atoms with Gasteiger partial charge in [0, 0.05) is 18.0 Å². The van der Waals surface area contributed by atoms with Gasteiger partial charge in [-0.3, -0.25) is 4.79 Å². The molecular weight excluding hydrogens is 279 g/mol. The normalized spacial score (nSPS) is 10.2. The number of hydrogen-bond donors (Lipinski definition) is 2. The van der Waals surface area contributed by atoms with Gasteiger partial charge >= 0.3 is 5.97 Å². The van der Waals surface area contributed by atoms with E-state index in [1.165, 1.54) is 48.2 Å². The van der Waals surface area contributed by atoms with E-state index in [-0.39, 0.29) is 18.0 Å². The second-order valence-corrected chi connectivity index (χ2v) is 4.22. The minimum absolute atomic E-state index is 0.0139. The van der Waals surface area contributed by atoms with Crippen LogP contribution in [0.25, 0.3) is 0 Å². The number of carboxylic acid groups (broad SMARTS) is 1. The lowest BCUT2D eigenvalue weighted by Crippen LogP contribution is -2.20. The zero-order valence-electron chi connectivity index (χ0n) is 11.2. The summed E-state index contributed by atoms with van der Waals surface area (Å²) in [6.07, 6.45) is 1.49. The maximum Gasteiger partial charge on any atom is 0.352 e. The van der Waals surface area contributed by atoms with Gasteiger partial charge in [0.2, 0.25) is 5.91 Å². The number of rotatable bonds is 5. The Bertz CT molecular complexity index is 681. The third-order valence-electron chi connectivity index (χ3n) is 2.80. The van der Waals surface area contributed by atoms with Crippen molar-refractivity contribution >= 4 is 17.6 Å². The molecule has 0 atom stereocenters. The molecule has 0 bridgehead atoms. The molecule has 1 aromatic heterocycles. The van der Waals surface area contributed by atoms with Gasteiger partial charge in [-0.2, -0.15) is 0 Å². The lowest BCUT2D eigenvalue weighted by atomic mass is 10.3. The largest absolute Gasteiger partial charge is 0.494 e. The lowest BCUT2D eigenvalue weighted by Gasteiger charge is -2.09. The first kappa shape index (κ1) is 14.6. The molecule has 21 heavy (non-hydrogen) atoms. The zero-order valence-corrected chi connectivity index (χ0v) is 11.2. The fourth-order valence-corrected chi connectivity index (χ4v) is 1.84. The van der Waals surface area contributed by atoms with E-state index < -0.39 is 17.7 Å². The van der Waals surface area contributed by atoms with Gasteiger partial charge in [-0.05, 0) is 24.3 Å². The summed E-state index contributed by atoms with van der Waals surface area (Å²) in [6.45, 7) is -0.158. The fraction of sp³-hybridized carbons (Fsp3) is 0.143. The first-order chi connectivity index (χ1) is 10.0. The summed E-state index contributed by atoms with van der Waals surface area (Å²) in [5.74, 6) is -2.06. The van der Waals surface area contributed by atoms with E-state index in [4.69, 9.17) is 9.84 Å². The van der Waals surface area contributed by atoms with Crippen molar-refractivity contribution in [3.8, 4) is 5.75 Å². The van der Waals surface area contributed by atoms with E-state index in [2.05, 4.69) is 5.32 Å². The number of benzene rings is 1. The van der Waals surface area contributed by atoms with Crippen LogP contribution in [0.4, 0.5) is 10.1 Å². The molecule has 1 aromatic carbocycles. The second-order valence-electron chi connectivity index (χ2n) is 4.22. The van der Waals surface area contributed by atoms with Crippen LogP contribution in [0, 0.1) is 5.82 Å². The summed E-state index contributed by atoms with van der Waals surface area (Å²) in [6, 6.07) is 6.85. The molecule has 110 valence electrons. The summed E-state index contributed by atoms with van der Waals surface area (Å²) in [5.41, 5.74) is 0.379. The molecule has 0 fully saturated rings. The molecule has 2 rings (SSSR count). The summed E-state index contributed by atoms with van der Waals surface area (Å²) < 4.78 is 19.4. The maximum absolute atomic E-state index is 13.2. The molecule has 0 saturated heterocycles. The Morgan fingerprint density at radius 3 is 2.81 bits per heavy atom. The third kappa shape index (κ3) is 3.38. The molecule has 0 unspecified atom stereocenters. The van der Waals surface area contributed by atoms with Gasteiger partial charge in [-0.25, -0.2) is 9.18 Å². The minimum Gasteiger partial charge on any atom is -0.494 e. The fourth-order valence-electron chi connectivity index (χ4n) is 1.84. The molecule has 1 heterocycles. The predicted octanol–water partition coefficient (Wildman–Crippen LogP) is 1.97. The van der Waals surface area contributed by atoms with Crippen LogP contribution < -0.4 is 10.1 Å². The summed E-state index contributed by atoms with van der Waals surface area (Å²) >= 11 is 0. The summed E-state index contributed by atoms with van der Waals surface area (Å²) in [7, 11) is 1.32.